The molecule has 31 heavy (non-hydrogen) atoms. The fourth-order valence-corrected chi connectivity index (χ4v) is 3.29. The summed E-state index contributed by atoms with van der Waals surface area (Å²) in [6, 6.07) is 21.3. The van der Waals surface area contributed by atoms with Crippen LogP contribution >= 0.6 is 0 Å². The van der Waals surface area contributed by atoms with Crippen molar-refractivity contribution in [2.45, 2.75) is 20.5 Å². The van der Waals surface area contributed by atoms with Crippen LogP contribution in [0.25, 0.3) is 6.08 Å². The van der Waals surface area contributed by atoms with Crippen LogP contribution in [0.1, 0.15) is 27.8 Å². The summed E-state index contributed by atoms with van der Waals surface area (Å²) in [5, 5.41) is 0. The molecule has 5 heteroatoms. The quantitative estimate of drug-likeness (QED) is 0.410. The zero-order valence-corrected chi connectivity index (χ0v) is 17.7. The maximum absolute atomic E-state index is 12.3. The number of carbonyl (C=O) groups is 1. The average molecular weight is 413 g/mol. The minimum Gasteiger partial charge on any atom is -0.493 e. The summed E-state index contributed by atoms with van der Waals surface area (Å²) in [7, 11) is 1.59. The summed E-state index contributed by atoms with van der Waals surface area (Å²) in [4.78, 5) is 16.7. The molecule has 0 fully saturated rings. The van der Waals surface area contributed by atoms with Crippen molar-refractivity contribution < 1.29 is 19.0 Å². The molecule has 156 valence electrons. The van der Waals surface area contributed by atoms with Crippen molar-refractivity contribution in [3.05, 3.63) is 100 Å². The van der Waals surface area contributed by atoms with Gasteiger partial charge in [0.05, 0.1) is 7.11 Å². The molecule has 4 rings (SSSR count). The van der Waals surface area contributed by atoms with E-state index in [0.717, 1.165) is 22.3 Å². The molecule has 1 heterocycles. The Morgan fingerprint density at radius 3 is 2.58 bits per heavy atom. The van der Waals surface area contributed by atoms with Crippen LogP contribution < -0.4 is 9.47 Å². The first kappa shape index (κ1) is 20.4. The Hall–Kier alpha value is -3.86. The van der Waals surface area contributed by atoms with Crippen molar-refractivity contribution in [2.24, 2.45) is 4.99 Å². The molecule has 1 aliphatic heterocycles. The summed E-state index contributed by atoms with van der Waals surface area (Å²) < 4.78 is 16.8. The second kappa shape index (κ2) is 8.88. The van der Waals surface area contributed by atoms with E-state index in [1.807, 2.05) is 67.6 Å². The van der Waals surface area contributed by atoms with Crippen LogP contribution in [0.3, 0.4) is 0 Å². The van der Waals surface area contributed by atoms with Gasteiger partial charge < -0.3 is 14.2 Å². The molecule has 0 radical (unpaired) electrons. The highest BCUT2D eigenvalue weighted by molar-refractivity contribution is 6.12. The lowest BCUT2D eigenvalue weighted by Gasteiger charge is -2.12. The van der Waals surface area contributed by atoms with Gasteiger partial charge >= 0.3 is 5.97 Å². The van der Waals surface area contributed by atoms with Crippen LogP contribution in [0.15, 0.2) is 77.4 Å². The van der Waals surface area contributed by atoms with Gasteiger partial charge in [-0.25, -0.2) is 9.79 Å². The van der Waals surface area contributed by atoms with Crippen molar-refractivity contribution in [1.82, 2.24) is 0 Å². The van der Waals surface area contributed by atoms with Gasteiger partial charge in [0, 0.05) is 5.56 Å². The second-order valence-electron chi connectivity index (χ2n) is 7.33. The number of ether oxygens (including phenoxy) is 3. The summed E-state index contributed by atoms with van der Waals surface area (Å²) >= 11 is 0. The van der Waals surface area contributed by atoms with E-state index in [2.05, 4.69) is 18.0 Å². The van der Waals surface area contributed by atoms with E-state index in [4.69, 9.17) is 14.2 Å². The molecule has 5 nitrogen and oxygen atoms in total. The van der Waals surface area contributed by atoms with Crippen molar-refractivity contribution in [1.29, 1.82) is 0 Å². The van der Waals surface area contributed by atoms with Crippen LogP contribution in [0.5, 0.6) is 11.5 Å². The van der Waals surface area contributed by atoms with E-state index >= 15 is 0 Å². The Balaban J connectivity index is 1.55. The number of cyclic esters (lactones) is 1. The third-order valence-electron chi connectivity index (χ3n) is 5.02. The molecule has 0 saturated carbocycles. The topological polar surface area (TPSA) is 57.1 Å². The Kier molecular flexibility index (Phi) is 5.85. The second-order valence-corrected chi connectivity index (χ2v) is 7.33. The third kappa shape index (κ3) is 4.67. The number of esters is 1. The molecule has 3 aromatic rings. The van der Waals surface area contributed by atoms with Crippen LogP contribution in [0.4, 0.5) is 0 Å². The molecule has 0 aliphatic carbocycles. The van der Waals surface area contributed by atoms with E-state index in [1.54, 1.807) is 13.2 Å². The number of rotatable bonds is 6. The Bertz CT molecular complexity index is 1190. The number of hydrogen-bond acceptors (Lipinski definition) is 5. The normalized spacial score (nSPS) is 14.4. The molecule has 0 bridgehead atoms. The van der Waals surface area contributed by atoms with Crippen LogP contribution in [-0.4, -0.2) is 19.0 Å². The minimum atomic E-state index is -0.477. The Labute approximate surface area is 181 Å². The summed E-state index contributed by atoms with van der Waals surface area (Å²) in [6.45, 7) is 4.48. The van der Waals surface area contributed by atoms with Gasteiger partial charge in [-0.15, -0.1) is 0 Å². The summed E-state index contributed by atoms with van der Waals surface area (Å²) in [6.07, 6.45) is 1.68. The lowest BCUT2D eigenvalue weighted by Crippen LogP contribution is -2.05. The van der Waals surface area contributed by atoms with Crippen molar-refractivity contribution in [2.75, 3.05) is 7.11 Å². The molecule has 0 spiro atoms. The van der Waals surface area contributed by atoms with E-state index < -0.39 is 5.97 Å². The van der Waals surface area contributed by atoms with Crippen molar-refractivity contribution in [3.8, 4) is 11.5 Å². The lowest BCUT2D eigenvalue weighted by molar-refractivity contribution is -0.129. The van der Waals surface area contributed by atoms with Gasteiger partial charge in [-0.3, -0.25) is 0 Å². The standard InChI is InChI=1S/C26H23NO4/c1-17-7-6-10-20(13-17)25-27-22(26(28)31-25)14-19-11-12-23(24(15-19)29-3)30-16-21-9-5-4-8-18(21)2/h4-15H,16H2,1-3H3/b22-14-. The van der Waals surface area contributed by atoms with Crippen LogP contribution in [0.2, 0.25) is 0 Å². The molecule has 0 amide bonds. The minimum absolute atomic E-state index is 0.243. The van der Waals surface area contributed by atoms with Gasteiger partial charge in [0.1, 0.15) is 6.61 Å². The van der Waals surface area contributed by atoms with Gasteiger partial charge in [-0.2, -0.15) is 0 Å². The maximum atomic E-state index is 12.3. The Morgan fingerprint density at radius 1 is 0.968 bits per heavy atom. The third-order valence-corrected chi connectivity index (χ3v) is 5.02. The number of aryl methyl sites for hydroxylation is 2. The first-order chi connectivity index (χ1) is 15.0. The zero-order chi connectivity index (χ0) is 21.8. The lowest BCUT2D eigenvalue weighted by atomic mass is 10.1. The number of nitrogens with zero attached hydrogens (tertiary/aromatic N) is 1. The van der Waals surface area contributed by atoms with E-state index in [0.29, 0.717) is 24.0 Å². The predicted molar refractivity (Wildman–Crippen MR) is 120 cm³/mol. The van der Waals surface area contributed by atoms with Gasteiger partial charge in [0.25, 0.3) is 0 Å². The molecule has 0 saturated heterocycles. The van der Waals surface area contributed by atoms with E-state index in [9.17, 15) is 4.79 Å². The average Bonchev–Trinajstić information content (AvgIpc) is 3.14. The van der Waals surface area contributed by atoms with Gasteiger partial charge in [0.2, 0.25) is 5.90 Å². The van der Waals surface area contributed by atoms with Gasteiger partial charge in [-0.05, 0) is 60.9 Å². The molecule has 0 aromatic heterocycles. The molecule has 1 aliphatic rings. The van der Waals surface area contributed by atoms with Crippen molar-refractivity contribution in [3.63, 3.8) is 0 Å². The zero-order valence-electron chi connectivity index (χ0n) is 17.7. The molecule has 3 aromatic carbocycles. The fourth-order valence-electron chi connectivity index (χ4n) is 3.29. The van der Waals surface area contributed by atoms with Crippen molar-refractivity contribution >= 4 is 17.9 Å². The van der Waals surface area contributed by atoms with Crippen LogP contribution in [-0.2, 0) is 16.1 Å². The highest BCUT2D eigenvalue weighted by atomic mass is 16.6. The van der Waals surface area contributed by atoms with Gasteiger partial charge in [0.15, 0.2) is 17.2 Å². The number of hydrogen-bond donors (Lipinski definition) is 0. The number of carbonyl (C=O) groups excluding carboxylic acids is 1. The smallest absolute Gasteiger partial charge is 0.363 e. The molecular formula is C26H23NO4. The van der Waals surface area contributed by atoms with E-state index in [-0.39, 0.29) is 5.70 Å². The van der Waals surface area contributed by atoms with Crippen LogP contribution in [0, 0.1) is 13.8 Å². The first-order valence-electron chi connectivity index (χ1n) is 9.98. The predicted octanol–water partition coefficient (Wildman–Crippen LogP) is 5.24. The molecule has 0 unspecified atom stereocenters. The first-order valence-corrected chi connectivity index (χ1v) is 9.98. The largest absolute Gasteiger partial charge is 0.493 e. The molecule has 0 N–H and O–H groups in total. The SMILES string of the molecule is COc1cc(/C=C2\N=C(c3cccc(C)c3)OC2=O)ccc1OCc1ccccc1C. The van der Waals surface area contributed by atoms with Gasteiger partial charge in [-0.1, -0.05) is 48.0 Å². The van der Waals surface area contributed by atoms with E-state index in [1.165, 1.54) is 5.56 Å². The monoisotopic (exact) mass is 413 g/mol. The fraction of sp³-hybridized carbons (Fsp3) is 0.154. The number of methoxy groups -OCH3 is 1. The summed E-state index contributed by atoms with van der Waals surface area (Å²) in [5.74, 6) is 1.04. The number of benzene rings is 3. The number of aliphatic imine (C=N–C) groups is 1. The summed E-state index contributed by atoms with van der Waals surface area (Å²) in [5.41, 5.74) is 5.13. The maximum Gasteiger partial charge on any atom is 0.363 e. The highest BCUT2D eigenvalue weighted by Gasteiger charge is 2.24. The highest BCUT2D eigenvalue weighted by Crippen LogP contribution is 2.30. The molecule has 0 atom stereocenters. The Morgan fingerprint density at radius 2 is 1.81 bits per heavy atom. The molecular weight excluding hydrogens is 390 g/mol.